The molecule has 1 heterocycles. The summed E-state index contributed by atoms with van der Waals surface area (Å²) in [6.07, 6.45) is 0.205. The second-order valence-corrected chi connectivity index (χ2v) is 5.59. The van der Waals surface area contributed by atoms with Gasteiger partial charge in [0.25, 0.3) is 0 Å². The number of aliphatic hydroxyl groups is 1. The Kier molecular flexibility index (Phi) is 8.33. The number of carbonyl (C=O) groups excluding carboxylic acids is 1. The molecule has 0 bridgehead atoms. The van der Waals surface area contributed by atoms with Crippen molar-refractivity contribution in [3.8, 4) is 5.75 Å². The van der Waals surface area contributed by atoms with Gasteiger partial charge in [-0.05, 0) is 37.5 Å². The lowest BCUT2D eigenvalue weighted by atomic mass is 10.2. The Balaban J connectivity index is 0.00000264. The van der Waals surface area contributed by atoms with Gasteiger partial charge in [0, 0.05) is 13.1 Å². The number of aryl methyl sites for hydroxylation is 1. The summed E-state index contributed by atoms with van der Waals surface area (Å²) in [5.74, 6) is 0.501. The van der Waals surface area contributed by atoms with Crippen molar-refractivity contribution in [2.45, 2.75) is 38.1 Å². The van der Waals surface area contributed by atoms with E-state index in [1.165, 1.54) is 0 Å². The van der Waals surface area contributed by atoms with E-state index in [1.807, 2.05) is 31.2 Å². The predicted molar refractivity (Wildman–Crippen MR) is 89.9 cm³/mol. The largest absolute Gasteiger partial charge is 0.491 e. The number of amides is 1. The number of ether oxygens (including phenoxy) is 2. The first-order valence-electron chi connectivity index (χ1n) is 7.59. The Morgan fingerprint density at radius 3 is 2.96 bits per heavy atom. The lowest BCUT2D eigenvalue weighted by Gasteiger charge is -2.16. The number of nitrogens with two attached hydrogens (primary N) is 1. The van der Waals surface area contributed by atoms with Crippen LogP contribution in [0, 0.1) is 6.92 Å². The fraction of sp³-hybridized carbons (Fsp3) is 0.562. The number of rotatable bonds is 7. The zero-order chi connectivity index (χ0) is 15.9. The molecule has 0 spiro atoms. The third-order valence-electron chi connectivity index (χ3n) is 3.61. The summed E-state index contributed by atoms with van der Waals surface area (Å²) in [5.41, 5.74) is 6.60. The van der Waals surface area contributed by atoms with E-state index in [0.29, 0.717) is 18.7 Å². The fourth-order valence-corrected chi connectivity index (χ4v) is 2.36. The van der Waals surface area contributed by atoms with Gasteiger partial charge >= 0.3 is 0 Å². The summed E-state index contributed by atoms with van der Waals surface area (Å²) in [6, 6.07) is 7.59. The molecule has 1 aliphatic heterocycles. The Hall–Kier alpha value is -1.34. The number of benzene rings is 1. The van der Waals surface area contributed by atoms with E-state index in [1.54, 1.807) is 0 Å². The first-order valence-corrected chi connectivity index (χ1v) is 7.59. The molecule has 1 aromatic rings. The van der Waals surface area contributed by atoms with Gasteiger partial charge in [0.05, 0.1) is 6.10 Å². The third-order valence-corrected chi connectivity index (χ3v) is 3.61. The van der Waals surface area contributed by atoms with Crippen molar-refractivity contribution in [2.75, 3.05) is 19.7 Å². The number of hydrogen-bond acceptors (Lipinski definition) is 5. The molecule has 1 aliphatic rings. The van der Waals surface area contributed by atoms with E-state index in [9.17, 15) is 9.90 Å². The number of hydrogen-bond donors (Lipinski definition) is 3. The minimum atomic E-state index is -0.767. The van der Waals surface area contributed by atoms with E-state index >= 15 is 0 Å². The number of nitrogens with one attached hydrogen (secondary N) is 1. The molecule has 0 aliphatic carbocycles. The second kappa shape index (κ2) is 9.72. The highest BCUT2D eigenvalue weighted by Gasteiger charge is 2.29. The lowest BCUT2D eigenvalue weighted by Crippen LogP contribution is -2.41. The highest BCUT2D eigenvalue weighted by atomic mass is 35.5. The zero-order valence-corrected chi connectivity index (χ0v) is 14.1. The number of aliphatic hydroxyl groups excluding tert-OH is 1. The average Bonchev–Trinajstić information content (AvgIpc) is 3.00. The van der Waals surface area contributed by atoms with Crippen LogP contribution in [0.5, 0.6) is 5.75 Å². The zero-order valence-electron chi connectivity index (χ0n) is 13.2. The number of carbonyl (C=O) groups is 1. The van der Waals surface area contributed by atoms with Gasteiger partial charge < -0.3 is 25.6 Å². The summed E-state index contributed by atoms with van der Waals surface area (Å²) in [5, 5.41) is 12.6. The van der Waals surface area contributed by atoms with E-state index in [-0.39, 0.29) is 37.6 Å². The van der Waals surface area contributed by atoms with Crippen LogP contribution in [0.4, 0.5) is 0 Å². The summed E-state index contributed by atoms with van der Waals surface area (Å²) in [4.78, 5) is 11.9. The van der Waals surface area contributed by atoms with E-state index in [2.05, 4.69) is 5.32 Å². The quantitative estimate of drug-likeness (QED) is 0.679. The first-order chi connectivity index (χ1) is 10.6. The molecular formula is C16H25ClN2O4. The molecular weight excluding hydrogens is 320 g/mol. The molecule has 1 unspecified atom stereocenters. The maximum absolute atomic E-state index is 11.9. The molecule has 23 heavy (non-hydrogen) atoms. The summed E-state index contributed by atoms with van der Waals surface area (Å²) < 4.78 is 11.0. The standard InChI is InChI=1S/C16H24N2O4.ClH/c1-11-3-2-4-13(7-11)21-10-12(19)9-18-16(20)15-6-5-14(8-17)22-15;/h2-4,7,12,14-15,19H,5-6,8-10,17H2,1H3,(H,18,20);1H/t12?,14-,15+;/m1./s1. The van der Waals surface area contributed by atoms with Crippen molar-refractivity contribution in [1.82, 2.24) is 5.32 Å². The van der Waals surface area contributed by atoms with Gasteiger partial charge in [-0.1, -0.05) is 12.1 Å². The Labute approximate surface area is 142 Å². The Morgan fingerprint density at radius 1 is 1.52 bits per heavy atom. The molecule has 1 amide bonds. The maximum atomic E-state index is 11.9. The average molecular weight is 345 g/mol. The molecule has 0 saturated carbocycles. The van der Waals surface area contributed by atoms with Crippen molar-refractivity contribution < 1.29 is 19.4 Å². The minimum Gasteiger partial charge on any atom is -0.491 e. The molecule has 0 aromatic heterocycles. The van der Waals surface area contributed by atoms with Crippen LogP contribution < -0.4 is 15.8 Å². The van der Waals surface area contributed by atoms with Crippen LogP contribution in [0.3, 0.4) is 0 Å². The molecule has 0 radical (unpaired) electrons. The van der Waals surface area contributed by atoms with Crippen molar-refractivity contribution in [2.24, 2.45) is 5.73 Å². The second-order valence-electron chi connectivity index (χ2n) is 5.59. The van der Waals surface area contributed by atoms with Crippen LogP contribution in [0.25, 0.3) is 0 Å². The smallest absolute Gasteiger partial charge is 0.249 e. The van der Waals surface area contributed by atoms with E-state index < -0.39 is 12.2 Å². The van der Waals surface area contributed by atoms with Gasteiger partial charge in [0.2, 0.25) is 5.91 Å². The van der Waals surface area contributed by atoms with Crippen molar-refractivity contribution in [3.63, 3.8) is 0 Å². The lowest BCUT2D eigenvalue weighted by molar-refractivity contribution is -0.132. The van der Waals surface area contributed by atoms with Crippen molar-refractivity contribution in [3.05, 3.63) is 29.8 Å². The van der Waals surface area contributed by atoms with Crippen molar-refractivity contribution in [1.29, 1.82) is 0 Å². The molecule has 1 saturated heterocycles. The topological polar surface area (TPSA) is 93.8 Å². The molecule has 3 atom stereocenters. The van der Waals surface area contributed by atoms with Gasteiger partial charge in [-0.15, -0.1) is 12.4 Å². The highest BCUT2D eigenvalue weighted by molar-refractivity contribution is 5.85. The van der Waals surface area contributed by atoms with Crippen LogP contribution in [0.1, 0.15) is 18.4 Å². The van der Waals surface area contributed by atoms with Gasteiger partial charge in [0.1, 0.15) is 24.6 Å². The monoisotopic (exact) mass is 344 g/mol. The van der Waals surface area contributed by atoms with Gasteiger partial charge in [-0.3, -0.25) is 4.79 Å². The fourth-order valence-electron chi connectivity index (χ4n) is 2.36. The SMILES string of the molecule is Cc1cccc(OCC(O)CNC(=O)[C@@H]2CC[C@H](CN)O2)c1.Cl. The van der Waals surface area contributed by atoms with Gasteiger partial charge in [-0.2, -0.15) is 0 Å². The molecule has 6 nitrogen and oxygen atoms in total. The predicted octanol–water partition coefficient (Wildman–Crippen LogP) is 0.779. The third kappa shape index (κ3) is 6.35. The molecule has 1 fully saturated rings. The van der Waals surface area contributed by atoms with Crippen LogP contribution in [-0.4, -0.2) is 49.0 Å². The maximum Gasteiger partial charge on any atom is 0.249 e. The van der Waals surface area contributed by atoms with E-state index in [0.717, 1.165) is 12.0 Å². The normalized spacial score (nSPS) is 21.3. The van der Waals surface area contributed by atoms with Crippen LogP contribution in [0.15, 0.2) is 24.3 Å². The molecule has 4 N–H and O–H groups in total. The molecule has 1 aromatic carbocycles. The minimum absolute atomic E-state index is 0. The van der Waals surface area contributed by atoms with Crippen LogP contribution in [-0.2, 0) is 9.53 Å². The van der Waals surface area contributed by atoms with Gasteiger partial charge in [0.15, 0.2) is 0 Å². The Morgan fingerprint density at radius 2 is 2.30 bits per heavy atom. The summed E-state index contributed by atoms with van der Waals surface area (Å²) >= 11 is 0. The number of halogens is 1. The molecule has 7 heteroatoms. The van der Waals surface area contributed by atoms with Crippen molar-refractivity contribution >= 4 is 18.3 Å². The van der Waals surface area contributed by atoms with Gasteiger partial charge in [-0.25, -0.2) is 0 Å². The van der Waals surface area contributed by atoms with E-state index in [4.69, 9.17) is 15.2 Å². The molecule has 130 valence electrons. The van der Waals surface area contributed by atoms with Crippen LogP contribution in [0.2, 0.25) is 0 Å². The molecule has 2 rings (SSSR count). The summed E-state index contributed by atoms with van der Waals surface area (Å²) in [6.45, 7) is 2.66. The first kappa shape index (κ1) is 19.7. The highest BCUT2D eigenvalue weighted by Crippen LogP contribution is 2.18. The summed E-state index contributed by atoms with van der Waals surface area (Å²) in [7, 11) is 0. The Bertz CT molecular complexity index is 501. The van der Waals surface area contributed by atoms with Crippen LogP contribution >= 0.6 is 12.4 Å².